The van der Waals surface area contributed by atoms with Gasteiger partial charge in [-0.25, -0.2) is 9.97 Å². The van der Waals surface area contributed by atoms with Crippen molar-refractivity contribution in [2.75, 3.05) is 11.1 Å². The maximum Gasteiger partial charge on any atom is 0.163 e. The van der Waals surface area contributed by atoms with Gasteiger partial charge in [0.1, 0.15) is 5.82 Å². The van der Waals surface area contributed by atoms with E-state index in [1.165, 1.54) is 0 Å². The minimum absolute atomic E-state index is 0.634. The molecule has 0 atom stereocenters. The summed E-state index contributed by atoms with van der Waals surface area (Å²) in [5, 5.41) is 3.27. The lowest BCUT2D eigenvalue weighted by molar-refractivity contribution is 1.16. The van der Waals surface area contributed by atoms with Crippen LogP contribution >= 0.6 is 0 Å². The first-order valence-corrected chi connectivity index (χ1v) is 7.59. The molecule has 118 valence electrons. The second-order valence-electron chi connectivity index (χ2n) is 4.71. The zero-order chi connectivity index (χ0) is 16.7. The highest BCUT2D eigenvalue weighted by molar-refractivity contribution is 5.66. The van der Waals surface area contributed by atoms with E-state index in [1.807, 2.05) is 57.2 Å². The predicted molar refractivity (Wildman–Crippen MR) is 95.5 cm³/mol. The van der Waals surface area contributed by atoms with Gasteiger partial charge in [0.25, 0.3) is 0 Å². The number of hydrogen-bond acceptors (Lipinski definition) is 5. The molecule has 0 aliphatic rings. The first-order valence-electron chi connectivity index (χ1n) is 7.59. The number of aromatic nitrogens is 3. The fourth-order valence-electron chi connectivity index (χ4n) is 1.97. The Morgan fingerprint density at radius 3 is 2.61 bits per heavy atom. The summed E-state index contributed by atoms with van der Waals surface area (Å²) in [6.07, 6.45) is 5.19. The second kappa shape index (κ2) is 7.89. The zero-order valence-corrected chi connectivity index (χ0v) is 13.6. The Morgan fingerprint density at radius 1 is 1.04 bits per heavy atom. The van der Waals surface area contributed by atoms with E-state index in [9.17, 15) is 0 Å². The van der Waals surface area contributed by atoms with Crippen LogP contribution in [-0.4, -0.2) is 15.0 Å². The summed E-state index contributed by atoms with van der Waals surface area (Å²) in [7, 11) is 0. The standard InChI is InChI=1S/C16H15N5.C2H6/c1-11-4-5-13(17)9-14(11)20-15-6-8-19-16(21-15)12-3-2-7-18-10-12;1-2/h2-10H,17H2,1H3,(H,19,20,21);1-2H3. The Bertz CT molecular complexity index is 756. The van der Waals surface area contributed by atoms with Crippen LogP contribution in [0, 0.1) is 6.92 Å². The van der Waals surface area contributed by atoms with Crippen molar-refractivity contribution in [3.8, 4) is 11.4 Å². The van der Waals surface area contributed by atoms with Gasteiger partial charge in [-0.05, 0) is 42.8 Å². The van der Waals surface area contributed by atoms with E-state index >= 15 is 0 Å². The minimum atomic E-state index is 0.634. The van der Waals surface area contributed by atoms with Gasteiger partial charge in [-0.15, -0.1) is 0 Å². The summed E-state index contributed by atoms with van der Waals surface area (Å²) in [6.45, 7) is 6.02. The fraction of sp³-hybridized carbons (Fsp3) is 0.167. The molecular formula is C18H21N5. The highest BCUT2D eigenvalue weighted by Gasteiger charge is 2.04. The molecule has 0 radical (unpaired) electrons. The molecular weight excluding hydrogens is 286 g/mol. The van der Waals surface area contributed by atoms with E-state index in [2.05, 4.69) is 20.3 Å². The average molecular weight is 307 g/mol. The number of benzene rings is 1. The zero-order valence-electron chi connectivity index (χ0n) is 13.6. The van der Waals surface area contributed by atoms with Gasteiger partial charge in [0.15, 0.2) is 5.82 Å². The Morgan fingerprint density at radius 2 is 1.87 bits per heavy atom. The lowest BCUT2D eigenvalue weighted by Gasteiger charge is -2.10. The van der Waals surface area contributed by atoms with Crippen molar-refractivity contribution in [1.82, 2.24) is 15.0 Å². The smallest absolute Gasteiger partial charge is 0.163 e. The van der Waals surface area contributed by atoms with Crippen LogP contribution in [0.1, 0.15) is 19.4 Å². The Balaban J connectivity index is 0.000000924. The van der Waals surface area contributed by atoms with Crippen molar-refractivity contribution in [1.29, 1.82) is 0 Å². The van der Waals surface area contributed by atoms with E-state index in [1.54, 1.807) is 18.6 Å². The number of nitrogens with zero attached hydrogens (tertiary/aromatic N) is 3. The molecule has 2 heterocycles. The summed E-state index contributed by atoms with van der Waals surface area (Å²) >= 11 is 0. The van der Waals surface area contributed by atoms with Crippen molar-refractivity contribution in [3.63, 3.8) is 0 Å². The molecule has 0 unspecified atom stereocenters. The van der Waals surface area contributed by atoms with Gasteiger partial charge in [0.05, 0.1) is 0 Å². The van der Waals surface area contributed by atoms with Crippen LogP contribution < -0.4 is 11.1 Å². The van der Waals surface area contributed by atoms with Gasteiger partial charge in [-0.1, -0.05) is 19.9 Å². The van der Waals surface area contributed by atoms with Crippen molar-refractivity contribution >= 4 is 17.2 Å². The fourth-order valence-corrected chi connectivity index (χ4v) is 1.97. The van der Waals surface area contributed by atoms with E-state index in [0.717, 1.165) is 22.6 Å². The third kappa shape index (κ3) is 4.26. The maximum absolute atomic E-state index is 5.82. The summed E-state index contributed by atoms with van der Waals surface area (Å²) in [6, 6.07) is 11.4. The molecule has 3 rings (SSSR count). The highest BCUT2D eigenvalue weighted by atomic mass is 15.0. The van der Waals surface area contributed by atoms with Gasteiger partial charge in [-0.3, -0.25) is 4.98 Å². The molecule has 1 aromatic carbocycles. The molecule has 0 amide bonds. The molecule has 5 nitrogen and oxygen atoms in total. The first kappa shape index (κ1) is 16.4. The van der Waals surface area contributed by atoms with Gasteiger partial charge in [-0.2, -0.15) is 0 Å². The van der Waals surface area contributed by atoms with Crippen molar-refractivity contribution in [2.24, 2.45) is 0 Å². The lowest BCUT2D eigenvalue weighted by atomic mass is 10.2. The Kier molecular flexibility index (Phi) is 5.63. The number of hydrogen-bond donors (Lipinski definition) is 2. The van der Waals surface area contributed by atoms with Crippen LogP contribution in [0.15, 0.2) is 55.0 Å². The third-order valence-electron chi connectivity index (χ3n) is 3.10. The van der Waals surface area contributed by atoms with Crippen LogP contribution in [0.3, 0.4) is 0 Å². The lowest BCUT2D eigenvalue weighted by Crippen LogP contribution is -1.99. The molecule has 0 aliphatic heterocycles. The van der Waals surface area contributed by atoms with Gasteiger partial charge < -0.3 is 11.1 Å². The minimum Gasteiger partial charge on any atom is -0.399 e. The van der Waals surface area contributed by atoms with Crippen LogP contribution in [0.4, 0.5) is 17.2 Å². The van der Waals surface area contributed by atoms with Crippen LogP contribution in [-0.2, 0) is 0 Å². The average Bonchev–Trinajstić information content (AvgIpc) is 2.61. The Hall–Kier alpha value is -2.95. The van der Waals surface area contributed by atoms with E-state index < -0.39 is 0 Å². The highest BCUT2D eigenvalue weighted by Crippen LogP contribution is 2.23. The molecule has 3 N–H and O–H groups in total. The molecule has 0 bridgehead atoms. The molecule has 0 aliphatic carbocycles. The number of nitrogen functional groups attached to an aromatic ring is 1. The SMILES string of the molecule is CC.Cc1ccc(N)cc1Nc1ccnc(-c2cccnc2)n1. The van der Waals surface area contributed by atoms with Crippen molar-refractivity contribution in [2.45, 2.75) is 20.8 Å². The summed E-state index contributed by atoms with van der Waals surface area (Å²) in [4.78, 5) is 12.9. The number of rotatable bonds is 3. The topological polar surface area (TPSA) is 76.7 Å². The molecule has 0 saturated heterocycles. The number of anilines is 3. The van der Waals surface area contributed by atoms with Gasteiger partial charge >= 0.3 is 0 Å². The molecule has 3 aromatic rings. The largest absolute Gasteiger partial charge is 0.399 e. The van der Waals surface area contributed by atoms with Crippen LogP contribution in [0.25, 0.3) is 11.4 Å². The van der Waals surface area contributed by atoms with Crippen LogP contribution in [0.5, 0.6) is 0 Å². The normalized spacial score (nSPS) is 9.70. The molecule has 5 heteroatoms. The van der Waals surface area contributed by atoms with Crippen molar-refractivity contribution in [3.05, 3.63) is 60.6 Å². The molecule has 0 fully saturated rings. The Labute approximate surface area is 136 Å². The van der Waals surface area contributed by atoms with Crippen molar-refractivity contribution < 1.29 is 0 Å². The monoisotopic (exact) mass is 307 g/mol. The maximum atomic E-state index is 5.82. The molecule has 2 aromatic heterocycles. The van der Waals surface area contributed by atoms with E-state index in [-0.39, 0.29) is 0 Å². The van der Waals surface area contributed by atoms with E-state index in [0.29, 0.717) is 11.5 Å². The molecule has 0 spiro atoms. The second-order valence-corrected chi connectivity index (χ2v) is 4.71. The number of pyridine rings is 1. The van der Waals surface area contributed by atoms with Gasteiger partial charge in [0, 0.05) is 35.5 Å². The third-order valence-corrected chi connectivity index (χ3v) is 3.10. The number of nitrogens with two attached hydrogens (primary N) is 1. The number of nitrogens with one attached hydrogen (secondary N) is 1. The summed E-state index contributed by atoms with van der Waals surface area (Å²) < 4.78 is 0. The molecule has 23 heavy (non-hydrogen) atoms. The summed E-state index contributed by atoms with van der Waals surface area (Å²) in [5.41, 5.74) is 9.45. The molecule has 0 saturated carbocycles. The number of aryl methyl sites for hydroxylation is 1. The predicted octanol–water partition coefficient (Wildman–Crippen LogP) is 4.20. The van der Waals surface area contributed by atoms with Gasteiger partial charge in [0.2, 0.25) is 0 Å². The van der Waals surface area contributed by atoms with Crippen LogP contribution in [0.2, 0.25) is 0 Å². The quantitative estimate of drug-likeness (QED) is 0.709. The summed E-state index contributed by atoms with van der Waals surface area (Å²) in [5.74, 6) is 1.35. The first-order chi connectivity index (χ1) is 11.2. The van der Waals surface area contributed by atoms with E-state index in [4.69, 9.17) is 5.73 Å².